The van der Waals surface area contributed by atoms with Crippen LogP contribution in [0.2, 0.25) is 5.02 Å². The van der Waals surface area contributed by atoms with E-state index in [0.717, 1.165) is 21.5 Å². The van der Waals surface area contributed by atoms with Gasteiger partial charge in [0, 0.05) is 24.5 Å². The molecule has 1 fully saturated rings. The monoisotopic (exact) mass is 415 g/mol. The van der Waals surface area contributed by atoms with Crippen LogP contribution in [0.1, 0.15) is 12.0 Å². The summed E-state index contributed by atoms with van der Waals surface area (Å²) in [6, 6.07) is 13.0. The molecular weight excluding hydrogens is 398 g/mol. The number of nitrogens with zero attached hydrogens (tertiary/aromatic N) is 2. The van der Waals surface area contributed by atoms with Gasteiger partial charge in [-0.15, -0.1) is 0 Å². The SMILES string of the molecule is COc1ccc2nc(NC(=O)[C@@H]3CC(=O)N(Cc4ccccc4Cl)C3)sc2c1. The molecule has 144 valence electrons. The van der Waals surface area contributed by atoms with Crippen LogP contribution in [0.3, 0.4) is 0 Å². The molecule has 0 radical (unpaired) electrons. The number of halogens is 1. The predicted octanol–water partition coefficient (Wildman–Crippen LogP) is 3.95. The van der Waals surface area contributed by atoms with Crippen molar-refractivity contribution in [1.82, 2.24) is 9.88 Å². The summed E-state index contributed by atoms with van der Waals surface area (Å²) in [4.78, 5) is 31.1. The first-order valence-electron chi connectivity index (χ1n) is 8.80. The molecule has 0 bridgehead atoms. The molecule has 0 spiro atoms. The van der Waals surface area contributed by atoms with E-state index in [1.54, 1.807) is 18.1 Å². The highest BCUT2D eigenvalue weighted by Gasteiger charge is 2.34. The van der Waals surface area contributed by atoms with Gasteiger partial charge in [-0.25, -0.2) is 4.98 Å². The van der Waals surface area contributed by atoms with Gasteiger partial charge < -0.3 is 15.0 Å². The third kappa shape index (κ3) is 3.81. The van der Waals surface area contributed by atoms with Gasteiger partial charge in [-0.05, 0) is 29.8 Å². The number of aromatic nitrogens is 1. The van der Waals surface area contributed by atoms with Crippen molar-refractivity contribution in [2.45, 2.75) is 13.0 Å². The Morgan fingerprint density at radius 3 is 2.96 bits per heavy atom. The Hall–Kier alpha value is -2.64. The van der Waals surface area contributed by atoms with Crippen molar-refractivity contribution in [3.63, 3.8) is 0 Å². The molecule has 0 unspecified atom stereocenters. The van der Waals surface area contributed by atoms with Crippen molar-refractivity contribution in [2.24, 2.45) is 5.92 Å². The normalized spacial score (nSPS) is 16.6. The predicted molar refractivity (Wildman–Crippen MR) is 110 cm³/mol. The van der Waals surface area contributed by atoms with Gasteiger partial charge in [0.1, 0.15) is 5.75 Å². The Balaban J connectivity index is 1.43. The Morgan fingerprint density at radius 2 is 2.18 bits per heavy atom. The van der Waals surface area contributed by atoms with Crippen LogP contribution in [0.25, 0.3) is 10.2 Å². The summed E-state index contributed by atoms with van der Waals surface area (Å²) in [6.45, 7) is 0.776. The second kappa shape index (κ2) is 7.77. The second-order valence-electron chi connectivity index (χ2n) is 6.61. The Bertz CT molecular complexity index is 1050. The molecule has 2 amide bonds. The molecular formula is C20H18ClN3O3S. The minimum atomic E-state index is -0.406. The van der Waals surface area contributed by atoms with Crippen LogP contribution < -0.4 is 10.1 Å². The molecule has 3 aromatic rings. The number of carbonyl (C=O) groups is 2. The molecule has 1 aromatic heterocycles. The molecule has 2 aromatic carbocycles. The quantitative estimate of drug-likeness (QED) is 0.685. The van der Waals surface area contributed by atoms with Crippen molar-refractivity contribution in [2.75, 3.05) is 19.0 Å². The van der Waals surface area contributed by atoms with E-state index in [-0.39, 0.29) is 18.2 Å². The summed E-state index contributed by atoms with van der Waals surface area (Å²) in [6.07, 6.45) is 0.189. The number of anilines is 1. The maximum absolute atomic E-state index is 12.7. The zero-order chi connectivity index (χ0) is 19.7. The number of likely N-dealkylation sites (tertiary alicyclic amines) is 1. The van der Waals surface area contributed by atoms with Gasteiger partial charge in [-0.1, -0.05) is 41.1 Å². The number of fused-ring (bicyclic) bond motifs is 1. The van der Waals surface area contributed by atoms with Crippen molar-refractivity contribution >= 4 is 50.1 Å². The maximum atomic E-state index is 12.7. The first-order valence-corrected chi connectivity index (χ1v) is 9.99. The highest BCUT2D eigenvalue weighted by molar-refractivity contribution is 7.22. The highest BCUT2D eigenvalue weighted by atomic mass is 35.5. The molecule has 1 aliphatic heterocycles. The molecule has 8 heteroatoms. The van der Waals surface area contributed by atoms with E-state index < -0.39 is 5.92 Å². The number of benzene rings is 2. The largest absolute Gasteiger partial charge is 0.497 e. The topological polar surface area (TPSA) is 71.5 Å². The molecule has 28 heavy (non-hydrogen) atoms. The van der Waals surface area contributed by atoms with Crippen LogP contribution in [0.15, 0.2) is 42.5 Å². The third-order valence-corrected chi connectivity index (χ3v) is 6.03. The lowest BCUT2D eigenvalue weighted by atomic mass is 10.1. The van der Waals surface area contributed by atoms with E-state index >= 15 is 0 Å². The summed E-state index contributed by atoms with van der Waals surface area (Å²) in [7, 11) is 1.61. The first kappa shape index (κ1) is 18.7. The van der Waals surface area contributed by atoms with E-state index in [4.69, 9.17) is 16.3 Å². The lowest BCUT2D eigenvalue weighted by Gasteiger charge is -2.17. The number of thiazole rings is 1. The van der Waals surface area contributed by atoms with Crippen LogP contribution in [-0.2, 0) is 16.1 Å². The first-order chi connectivity index (χ1) is 13.5. The number of amides is 2. The van der Waals surface area contributed by atoms with Crippen molar-refractivity contribution in [3.8, 4) is 5.75 Å². The summed E-state index contributed by atoms with van der Waals surface area (Å²) >= 11 is 7.56. The summed E-state index contributed by atoms with van der Waals surface area (Å²) in [5, 5.41) is 3.99. The summed E-state index contributed by atoms with van der Waals surface area (Å²) in [5.74, 6) is 0.0947. The number of nitrogens with one attached hydrogen (secondary N) is 1. The molecule has 1 N–H and O–H groups in total. The van der Waals surface area contributed by atoms with E-state index in [9.17, 15) is 9.59 Å². The van der Waals surface area contributed by atoms with E-state index in [0.29, 0.717) is 23.2 Å². The van der Waals surface area contributed by atoms with E-state index in [1.807, 2.05) is 36.4 Å². The molecule has 4 rings (SSSR count). The van der Waals surface area contributed by atoms with Crippen LogP contribution in [0.5, 0.6) is 5.75 Å². The van der Waals surface area contributed by atoms with Crippen molar-refractivity contribution in [1.29, 1.82) is 0 Å². The lowest BCUT2D eigenvalue weighted by molar-refractivity contribution is -0.128. The average Bonchev–Trinajstić information content (AvgIpc) is 3.25. The fourth-order valence-electron chi connectivity index (χ4n) is 3.23. The van der Waals surface area contributed by atoms with Gasteiger partial charge in [-0.2, -0.15) is 0 Å². The zero-order valence-electron chi connectivity index (χ0n) is 15.1. The summed E-state index contributed by atoms with van der Waals surface area (Å²) < 4.78 is 6.14. The standard InChI is InChI=1S/C20H18ClN3O3S/c1-27-14-6-7-16-17(9-14)28-20(22-16)23-19(26)13-8-18(25)24(11-13)10-12-4-2-3-5-15(12)21/h2-7,9,13H,8,10-11H2,1H3,(H,22,23,26)/t13-/m1/s1. The summed E-state index contributed by atoms with van der Waals surface area (Å²) in [5.41, 5.74) is 1.67. The van der Waals surface area contributed by atoms with Crippen LogP contribution in [0, 0.1) is 5.92 Å². The van der Waals surface area contributed by atoms with Crippen LogP contribution in [0.4, 0.5) is 5.13 Å². The van der Waals surface area contributed by atoms with Gasteiger partial charge in [0.2, 0.25) is 11.8 Å². The Kier molecular flexibility index (Phi) is 5.19. The fourth-order valence-corrected chi connectivity index (χ4v) is 4.32. The average molecular weight is 416 g/mol. The van der Waals surface area contributed by atoms with Gasteiger partial charge >= 0.3 is 0 Å². The van der Waals surface area contributed by atoms with Crippen molar-refractivity contribution < 1.29 is 14.3 Å². The molecule has 0 saturated carbocycles. The number of hydrogen-bond acceptors (Lipinski definition) is 5. The second-order valence-corrected chi connectivity index (χ2v) is 8.05. The Labute approximate surface area is 171 Å². The smallest absolute Gasteiger partial charge is 0.231 e. The molecule has 1 saturated heterocycles. The van der Waals surface area contributed by atoms with Crippen molar-refractivity contribution in [3.05, 3.63) is 53.1 Å². The minimum absolute atomic E-state index is 0.0471. The van der Waals surface area contributed by atoms with Gasteiger partial charge in [0.25, 0.3) is 0 Å². The number of rotatable bonds is 5. The van der Waals surface area contributed by atoms with Gasteiger partial charge in [0.05, 0.1) is 23.2 Å². The van der Waals surface area contributed by atoms with Gasteiger partial charge in [0.15, 0.2) is 5.13 Å². The lowest BCUT2D eigenvalue weighted by Crippen LogP contribution is -2.28. The number of hydrogen-bond donors (Lipinski definition) is 1. The molecule has 1 atom stereocenters. The fraction of sp³-hybridized carbons (Fsp3) is 0.250. The number of ether oxygens (including phenoxy) is 1. The third-order valence-electron chi connectivity index (χ3n) is 4.73. The minimum Gasteiger partial charge on any atom is -0.497 e. The molecule has 6 nitrogen and oxygen atoms in total. The van der Waals surface area contributed by atoms with E-state index in [1.165, 1.54) is 11.3 Å². The Morgan fingerprint density at radius 1 is 1.36 bits per heavy atom. The zero-order valence-corrected chi connectivity index (χ0v) is 16.7. The molecule has 1 aliphatic rings. The van der Waals surface area contributed by atoms with E-state index in [2.05, 4.69) is 10.3 Å². The number of carbonyl (C=O) groups excluding carboxylic acids is 2. The molecule has 2 heterocycles. The molecule has 0 aliphatic carbocycles. The van der Waals surface area contributed by atoms with Gasteiger partial charge in [-0.3, -0.25) is 9.59 Å². The van der Waals surface area contributed by atoms with Crippen LogP contribution in [-0.4, -0.2) is 35.4 Å². The highest BCUT2D eigenvalue weighted by Crippen LogP contribution is 2.30. The maximum Gasteiger partial charge on any atom is 0.231 e. The van der Waals surface area contributed by atoms with Crippen LogP contribution >= 0.6 is 22.9 Å². The number of methoxy groups -OCH3 is 1.